The summed E-state index contributed by atoms with van der Waals surface area (Å²) >= 11 is 0.871. The largest absolute Gasteiger partial charge is 0.473 e. The molecule has 0 spiro atoms. The first-order chi connectivity index (χ1) is 13.1. The van der Waals surface area contributed by atoms with E-state index in [2.05, 4.69) is 4.98 Å². The smallest absolute Gasteiger partial charge is 0.364 e. The molecule has 0 bridgehead atoms. The zero-order valence-electron chi connectivity index (χ0n) is 15.2. The van der Waals surface area contributed by atoms with Gasteiger partial charge in [-0.15, -0.1) is 0 Å². The molecular formula is C20H26N2O4S. The Morgan fingerprint density at radius 3 is 3.00 bits per heavy atom. The summed E-state index contributed by atoms with van der Waals surface area (Å²) in [4.78, 5) is 28.7. The molecule has 7 heteroatoms. The highest BCUT2D eigenvalue weighted by atomic mass is 32.2. The number of likely N-dealkylation sites (tertiary alicyclic amines) is 1. The van der Waals surface area contributed by atoms with Crippen molar-refractivity contribution in [2.75, 3.05) is 12.3 Å². The van der Waals surface area contributed by atoms with Gasteiger partial charge in [-0.1, -0.05) is 30.4 Å². The van der Waals surface area contributed by atoms with Crippen LogP contribution in [0.25, 0.3) is 0 Å². The van der Waals surface area contributed by atoms with Gasteiger partial charge in [0.15, 0.2) is 0 Å². The number of thioether (sulfide) groups is 1. The molecule has 27 heavy (non-hydrogen) atoms. The van der Waals surface area contributed by atoms with Crippen LogP contribution in [0, 0.1) is 0 Å². The van der Waals surface area contributed by atoms with Gasteiger partial charge in [0, 0.05) is 37.0 Å². The van der Waals surface area contributed by atoms with Crippen molar-refractivity contribution in [1.29, 1.82) is 0 Å². The van der Waals surface area contributed by atoms with Crippen LogP contribution in [-0.2, 0) is 11.2 Å². The Morgan fingerprint density at radius 2 is 2.26 bits per heavy atom. The molecule has 2 N–H and O–H groups in total. The number of carbonyl (C=O) groups is 2. The van der Waals surface area contributed by atoms with Crippen LogP contribution < -0.4 is 0 Å². The number of aromatic nitrogens is 1. The molecule has 1 aromatic heterocycles. The first-order valence-corrected chi connectivity index (χ1v) is 10.1. The first kappa shape index (κ1) is 21.2. The zero-order chi connectivity index (χ0) is 19.5. The predicted octanol–water partition coefficient (Wildman–Crippen LogP) is 3.28. The van der Waals surface area contributed by atoms with Gasteiger partial charge < -0.3 is 15.1 Å². The lowest BCUT2D eigenvalue weighted by Crippen LogP contribution is -2.42. The molecule has 1 aromatic rings. The Balaban J connectivity index is 1.85. The maximum absolute atomic E-state index is 12.3. The summed E-state index contributed by atoms with van der Waals surface area (Å²) in [6, 6.07) is 5.58. The molecule has 1 aliphatic rings. The van der Waals surface area contributed by atoms with Crippen molar-refractivity contribution in [3.05, 3.63) is 54.4 Å². The highest BCUT2D eigenvalue weighted by Gasteiger charge is 2.25. The standard InChI is InChI=1S/C20H26N2O4S/c23-18(15-16-7-2-3-12-21-16)11-10-17-8-6-9-19(24)22(17)13-4-1-5-14-27-20(25)26/h1-4,7,10-12,17-18,23H,5-6,8-9,13-15H2,(H,25,26)/b4-1-,11-10+/t17-,18?/m1/s1. The molecule has 2 rings (SSSR count). The molecular weight excluding hydrogens is 364 g/mol. The van der Waals surface area contributed by atoms with Gasteiger partial charge in [0.25, 0.3) is 0 Å². The summed E-state index contributed by atoms with van der Waals surface area (Å²) in [5, 5.41) is 17.9. The van der Waals surface area contributed by atoms with Crippen LogP contribution in [0.2, 0.25) is 0 Å². The van der Waals surface area contributed by atoms with Crippen molar-refractivity contribution in [3.63, 3.8) is 0 Å². The summed E-state index contributed by atoms with van der Waals surface area (Å²) in [6.07, 6.45) is 11.9. The summed E-state index contributed by atoms with van der Waals surface area (Å²) in [7, 11) is 0. The molecule has 1 saturated heterocycles. The molecule has 1 amide bonds. The summed E-state index contributed by atoms with van der Waals surface area (Å²) < 4.78 is 0. The van der Waals surface area contributed by atoms with Crippen LogP contribution >= 0.6 is 11.8 Å². The minimum Gasteiger partial charge on any atom is -0.473 e. The summed E-state index contributed by atoms with van der Waals surface area (Å²) in [5.41, 5.74) is 0.827. The zero-order valence-corrected chi connectivity index (χ0v) is 16.1. The molecule has 146 valence electrons. The van der Waals surface area contributed by atoms with Crippen molar-refractivity contribution in [1.82, 2.24) is 9.88 Å². The molecule has 1 aliphatic heterocycles. The number of amides is 1. The van der Waals surface area contributed by atoms with Crippen molar-refractivity contribution >= 4 is 23.0 Å². The number of aliphatic hydroxyl groups excluding tert-OH is 1. The van der Waals surface area contributed by atoms with E-state index >= 15 is 0 Å². The number of piperidine rings is 1. The predicted molar refractivity (Wildman–Crippen MR) is 107 cm³/mol. The maximum atomic E-state index is 12.3. The monoisotopic (exact) mass is 390 g/mol. The van der Waals surface area contributed by atoms with Gasteiger partial charge in [-0.2, -0.15) is 0 Å². The molecule has 0 radical (unpaired) electrons. The van der Waals surface area contributed by atoms with E-state index < -0.39 is 11.4 Å². The number of aliphatic hydroxyl groups is 1. The number of carboxylic acid groups (broad SMARTS) is 1. The van der Waals surface area contributed by atoms with Crippen LogP contribution in [0.3, 0.4) is 0 Å². The van der Waals surface area contributed by atoms with Crippen LogP contribution in [0.5, 0.6) is 0 Å². The second-order valence-corrected chi connectivity index (χ2v) is 7.40. The Labute approximate surface area is 164 Å². The number of rotatable bonds is 9. The molecule has 6 nitrogen and oxygen atoms in total. The topological polar surface area (TPSA) is 90.7 Å². The van der Waals surface area contributed by atoms with Crippen LogP contribution in [0.15, 0.2) is 48.7 Å². The molecule has 0 aliphatic carbocycles. The first-order valence-electron chi connectivity index (χ1n) is 9.12. The fraction of sp³-hybridized carbons (Fsp3) is 0.450. The second-order valence-electron chi connectivity index (χ2n) is 6.36. The van der Waals surface area contributed by atoms with E-state index in [0.717, 1.165) is 30.3 Å². The Morgan fingerprint density at radius 1 is 1.41 bits per heavy atom. The van der Waals surface area contributed by atoms with Crippen molar-refractivity contribution in [2.24, 2.45) is 0 Å². The van der Waals surface area contributed by atoms with Crippen molar-refractivity contribution < 1.29 is 19.8 Å². The van der Waals surface area contributed by atoms with Crippen molar-refractivity contribution in [3.8, 4) is 0 Å². The average molecular weight is 391 g/mol. The SMILES string of the molecule is O=C(O)SCC/C=C\CN1C(=O)CCC[C@@H]1/C=C/C(O)Cc1ccccn1. The van der Waals surface area contributed by atoms with Gasteiger partial charge in [-0.25, -0.2) is 4.79 Å². The van der Waals surface area contributed by atoms with E-state index in [1.807, 2.05) is 41.3 Å². The fourth-order valence-electron chi connectivity index (χ4n) is 2.96. The molecule has 1 unspecified atom stereocenters. The minimum absolute atomic E-state index is 0.0253. The van der Waals surface area contributed by atoms with E-state index in [1.54, 1.807) is 12.3 Å². The highest BCUT2D eigenvalue weighted by molar-refractivity contribution is 8.13. The Hall–Kier alpha value is -2.12. The average Bonchev–Trinajstić information content (AvgIpc) is 2.65. The van der Waals surface area contributed by atoms with Crippen LogP contribution in [0.4, 0.5) is 4.79 Å². The van der Waals surface area contributed by atoms with E-state index in [1.165, 1.54) is 0 Å². The number of nitrogens with zero attached hydrogens (tertiary/aromatic N) is 2. The number of carbonyl (C=O) groups excluding carboxylic acids is 1. The van der Waals surface area contributed by atoms with Gasteiger partial charge in [-0.05, 0) is 43.2 Å². The summed E-state index contributed by atoms with van der Waals surface area (Å²) in [5.74, 6) is 0.628. The van der Waals surface area contributed by atoms with E-state index in [9.17, 15) is 14.7 Å². The van der Waals surface area contributed by atoms with E-state index in [-0.39, 0.29) is 11.9 Å². The maximum Gasteiger partial charge on any atom is 0.364 e. The Kier molecular flexibility index (Phi) is 9.07. The van der Waals surface area contributed by atoms with Gasteiger partial charge in [-0.3, -0.25) is 9.78 Å². The number of hydrogen-bond donors (Lipinski definition) is 2. The molecule has 1 fully saturated rings. The van der Waals surface area contributed by atoms with Crippen molar-refractivity contribution in [2.45, 2.75) is 44.2 Å². The van der Waals surface area contributed by atoms with Crippen LogP contribution in [0.1, 0.15) is 31.4 Å². The van der Waals surface area contributed by atoms with Gasteiger partial charge in [0.2, 0.25) is 5.91 Å². The minimum atomic E-state index is -0.871. The molecule has 0 saturated carbocycles. The lowest BCUT2D eigenvalue weighted by atomic mass is 10.00. The van der Waals surface area contributed by atoms with Gasteiger partial charge >= 0.3 is 5.30 Å². The summed E-state index contributed by atoms with van der Waals surface area (Å²) in [6.45, 7) is 0.502. The number of allylic oxidation sites excluding steroid dienone is 1. The fourth-order valence-corrected chi connectivity index (χ4v) is 3.39. The second kappa shape index (κ2) is 11.6. The molecule has 2 heterocycles. The molecule has 2 atom stereocenters. The van der Waals surface area contributed by atoms with Gasteiger partial charge in [0.1, 0.15) is 0 Å². The number of hydrogen-bond acceptors (Lipinski definition) is 5. The quantitative estimate of drug-likeness (QED) is 0.497. The van der Waals surface area contributed by atoms with Gasteiger partial charge in [0.05, 0.1) is 12.1 Å². The third-order valence-corrected chi connectivity index (χ3v) is 4.98. The van der Waals surface area contributed by atoms with E-state index in [0.29, 0.717) is 31.6 Å². The normalized spacial score (nSPS) is 19.1. The molecule has 0 aromatic carbocycles. The lowest BCUT2D eigenvalue weighted by Gasteiger charge is -2.33. The Bertz CT molecular complexity index is 663. The highest BCUT2D eigenvalue weighted by Crippen LogP contribution is 2.19. The lowest BCUT2D eigenvalue weighted by molar-refractivity contribution is -0.134. The van der Waals surface area contributed by atoms with Crippen LogP contribution in [-0.4, -0.2) is 55.7 Å². The number of pyridine rings is 1. The third kappa shape index (κ3) is 7.97. The van der Waals surface area contributed by atoms with E-state index in [4.69, 9.17) is 5.11 Å². The third-order valence-electron chi connectivity index (χ3n) is 4.29.